The van der Waals surface area contributed by atoms with Crippen molar-refractivity contribution in [2.45, 2.75) is 11.8 Å². The number of nitrogens with zero attached hydrogens (tertiary/aromatic N) is 2. The number of fused-ring (bicyclic) bond motifs is 1. The maximum atomic E-state index is 12.6. The molecule has 9 heteroatoms. The van der Waals surface area contributed by atoms with Gasteiger partial charge in [0, 0.05) is 17.4 Å². The summed E-state index contributed by atoms with van der Waals surface area (Å²) in [5, 5.41) is 0.813. The molecule has 0 fully saturated rings. The number of rotatable bonds is 6. The van der Waals surface area contributed by atoms with Crippen LogP contribution in [0.2, 0.25) is 0 Å². The molecule has 4 rings (SSSR count). The highest BCUT2D eigenvalue weighted by Crippen LogP contribution is 2.29. The molecule has 7 nitrogen and oxygen atoms in total. The molecule has 2 heterocycles. The van der Waals surface area contributed by atoms with Crippen molar-refractivity contribution in [1.29, 1.82) is 0 Å². The van der Waals surface area contributed by atoms with Crippen LogP contribution in [0.15, 0.2) is 71.8 Å². The quantitative estimate of drug-likeness (QED) is 0.449. The van der Waals surface area contributed by atoms with Crippen LogP contribution >= 0.6 is 11.3 Å². The summed E-state index contributed by atoms with van der Waals surface area (Å²) in [4.78, 5) is 21.4. The van der Waals surface area contributed by atoms with E-state index in [-0.39, 0.29) is 11.5 Å². The van der Waals surface area contributed by atoms with E-state index in [0.29, 0.717) is 11.3 Å². The fourth-order valence-electron chi connectivity index (χ4n) is 2.77. The normalized spacial score (nSPS) is 11.4. The second kappa shape index (κ2) is 8.21. The number of nitrogens with one attached hydrogen (secondary N) is 1. The average molecular weight is 440 g/mol. The van der Waals surface area contributed by atoms with Crippen molar-refractivity contribution in [3.05, 3.63) is 72.4 Å². The third kappa shape index (κ3) is 4.17. The van der Waals surface area contributed by atoms with Crippen LogP contribution in [0.5, 0.6) is 0 Å². The number of pyridine rings is 1. The van der Waals surface area contributed by atoms with Crippen molar-refractivity contribution >= 4 is 43.4 Å². The van der Waals surface area contributed by atoms with Gasteiger partial charge >= 0.3 is 5.97 Å². The van der Waals surface area contributed by atoms with Crippen LogP contribution in [-0.4, -0.2) is 31.0 Å². The van der Waals surface area contributed by atoms with E-state index in [1.54, 1.807) is 37.4 Å². The van der Waals surface area contributed by atoms with Gasteiger partial charge < -0.3 is 4.74 Å². The Bertz CT molecular complexity index is 1270. The molecule has 2 aromatic heterocycles. The first-order valence-electron chi connectivity index (χ1n) is 9.08. The highest BCUT2D eigenvalue weighted by atomic mass is 32.2. The number of sulfonamides is 1. The van der Waals surface area contributed by atoms with E-state index in [9.17, 15) is 13.2 Å². The van der Waals surface area contributed by atoms with E-state index in [1.165, 1.54) is 35.6 Å². The first-order valence-corrected chi connectivity index (χ1v) is 11.4. The molecule has 2 aromatic carbocycles. The van der Waals surface area contributed by atoms with Crippen LogP contribution in [0, 0.1) is 0 Å². The topological polar surface area (TPSA) is 98.2 Å². The highest BCUT2D eigenvalue weighted by molar-refractivity contribution is 7.92. The van der Waals surface area contributed by atoms with Crippen molar-refractivity contribution < 1.29 is 17.9 Å². The minimum absolute atomic E-state index is 0.0527. The maximum Gasteiger partial charge on any atom is 0.338 e. The number of hydrogen-bond acceptors (Lipinski definition) is 7. The Labute approximate surface area is 177 Å². The summed E-state index contributed by atoms with van der Waals surface area (Å²) in [6, 6.07) is 16.3. The molecule has 0 aliphatic rings. The Morgan fingerprint density at radius 1 is 1.07 bits per heavy atom. The molecule has 0 saturated heterocycles. The molecule has 0 saturated carbocycles. The summed E-state index contributed by atoms with van der Waals surface area (Å²) in [5.74, 6) is -0.491. The smallest absolute Gasteiger partial charge is 0.338 e. The van der Waals surface area contributed by atoms with Gasteiger partial charge in [-0.2, -0.15) is 0 Å². The fraction of sp³-hybridized carbons (Fsp3) is 0.0952. The van der Waals surface area contributed by atoms with Gasteiger partial charge in [-0.05, 0) is 67.6 Å². The lowest BCUT2D eigenvalue weighted by Crippen LogP contribution is -2.13. The summed E-state index contributed by atoms with van der Waals surface area (Å²) in [7, 11) is -3.79. The van der Waals surface area contributed by atoms with E-state index in [0.717, 1.165) is 20.9 Å². The number of hydrogen-bond donors (Lipinski definition) is 1. The van der Waals surface area contributed by atoms with E-state index in [4.69, 9.17) is 4.74 Å². The lowest BCUT2D eigenvalue weighted by molar-refractivity contribution is 0.0526. The van der Waals surface area contributed by atoms with Crippen LogP contribution < -0.4 is 4.72 Å². The Hall–Kier alpha value is -3.30. The van der Waals surface area contributed by atoms with Gasteiger partial charge in [-0.25, -0.2) is 23.2 Å². The number of thiazole rings is 1. The molecule has 0 unspecified atom stereocenters. The SMILES string of the molecule is CCOC(=O)c1ccc(S(=O)(=O)Nc2ccc(-c3nc4cccnc4s3)cc2)cc1. The molecule has 0 bridgehead atoms. The lowest BCUT2D eigenvalue weighted by atomic mass is 10.2. The van der Waals surface area contributed by atoms with Crippen molar-refractivity contribution in [2.75, 3.05) is 11.3 Å². The first-order chi connectivity index (χ1) is 14.5. The van der Waals surface area contributed by atoms with Gasteiger partial charge in [0.2, 0.25) is 0 Å². The number of aromatic nitrogens is 2. The maximum absolute atomic E-state index is 12.6. The third-order valence-corrected chi connectivity index (χ3v) is 6.65. The van der Waals surface area contributed by atoms with E-state index in [2.05, 4.69) is 14.7 Å². The van der Waals surface area contributed by atoms with E-state index >= 15 is 0 Å². The molecular weight excluding hydrogens is 422 g/mol. The Morgan fingerprint density at radius 3 is 2.47 bits per heavy atom. The van der Waals surface area contributed by atoms with Crippen LogP contribution in [0.3, 0.4) is 0 Å². The van der Waals surface area contributed by atoms with Crippen LogP contribution in [0.1, 0.15) is 17.3 Å². The van der Waals surface area contributed by atoms with Gasteiger partial charge in [-0.1, -0.05) is 11.3 Å². The Kier molecular flexibility index (Phi) is 5.47. The van der Waals surface area contributed by atoms with E-state index in [1.807, 2.05) is 12.1 Å². The number of benzene rings is 2. The van der Waals surface area contributed by atoms with Gasteiger partial charge in [0.25, 0.3) is 10.0 Å². The molecule has 0 radical (unpaired) electrons. The van der Waals surface area contributed by atoms with Gasteiger partial charge in [0.05, 0.1) is 17.1 Å². The Balaban J connectivity index is 1.51. The highest BCUT2D eigenvalue weighted by Gasteiger charge is 2.16. The number of carbonyl (C=O) groups is 1. The lowest BCUT2D eigenvalue weighted by Gasteiger charge is -2.09. The number of esters is 1. The molecule has 30 heavy (non-hydrogen) atoms. The molecule has 152 valence electrons. The van der Waals surface area contributed by atoms with Crippen molar-refractivity contribution in [2.24, 2.45) is 0 Å². The standard InChI is InChI=1S/C21H17N3O4S2/c1-2-28-21(25)15-7-11-17(12-8-15)30(26,27)24-16-9-5-14(6-10-16)19-23-18-4-3-13-22-20(18)29-19/h3-13,24H,2H2,1H3. The molecular formula is C21H17N3O4S2. The van der Waals surface area contributed by atoms with Crippen LogP contribution in [0.4, 0.5) is 5.69 Å². The predicted molar refractivity (Wildman–Crippen MR) is 116 cm³/mol. The minimum atomic E-state index is -3.79. The summed E-state index contributed by atoms with van der Waals surface area (Å²) >= 11 is 1.47. The molecule has 0 spiro atoms. The van der Waals surface area contributed by atoms with Crippen molar-refractivity contribution in [3.63, 3.8) is 0 Å². The first kappa shape index (κ1) is 20.0. The molecule has 0 atom stereocenters. The van der Waals surface area contributed by atoms with Gasteiger partial charge in [-0.15, -0.1) is 0 Å². The third-order valence-electron chi connectivity index (χ3n) is 4.23. The summed E-state index contributed by atoms with van der Waals surface area (Å²) in [5.41, 5.74) is 2.42. The molecule has 0 aliphatic heterocycles. The summed E-state index contributed by atoms with van der Waals surface area (Å²) in [6.07, 6.45) is 1.72. The second-order valence-electron chi connectivity index (χ2n) is 6.27. The molecule has 4 aromatic rings. The Morgan fingerprint density at radius 2 is 1.80 bits per heavy atom. The zero-order valence-electron chi connectivity index (χ0n) is 15.9. The number of carbonyl (C=O) groups excluding carboxylic acids is 1. The zero-order chi connectivity index (χ0) is 21.1. The van der Waals surface area contributed by atoms with Crippen LogP contribution in [-0.2, 0) is 14.8 Å². The van der Waals surface area contributed by atoms with Crippen molar-refractivity contribution in [1.82, 2.24) is 9.97 Å². The van der Waals surface area contributed by atoms with Crippen molar-refractivity contribution in [3.8, 4) is 10.6 Å². The monoisotopic (exact) mass is 439 g/mol. The summed E-state index contributed by atoms with van der Waals surface area (Å²) < 4.78 is 32.7. The zero-order valence-corrected chi connectivity index (χ0v) is 17.5. The second-order valence-corrected chi connectivity index (χ2v) is 8.93. The predicted octanol–water partition coefficient (Wildman–Crippen LogP) is 4.34. The van der Waals surface area contributed by atoms with E-state index < -0.39 is 16.0 Å². The number of anilines is 1. The number of ether oxygens (including phenoxy) is 1. The van der Waals surface area contributed by atoms with Crippen LogP contribution in [0.25, 0.3) is 20.9 Å². The minimum Gasteiger partial charge on any atom is -0.462 e. The molecule has 1 N–H and O–H groups in total. The molecule has 0 amide bonds. The van der Waals surface area contributed by atoms with Gasteiger partial charge in [0.15, 0.2) is 0 Å². The largest absolute Gasteiger partial charge is 0.462 e. The molecule has 0 aliphatic carbocycles. The van der Waals surface area contributed by atoms with Gasteiger partial charge in [0.1, 0.15) is 15.4 Å². The average Bonchev–Trinajstić information content (AvgIpc) is 3.18. The fourth-order valence-corrected chi connectivity index (χ4v) is 4.74. The van der Waals surface area contributed by atoms with Gasteiger partial charge in [-0.3, -0.25) is 4.72 Å². The summed E-state index contributed by atoms with van der Waals surface area (Å²) in [6.45, 7) is 1.96.